The minimum absolute atomic E-state index is 0.148. The minimum Gasteiger partial charge on any atom is -0.335 e. The zero-order valence-electron chi connectivity index (χ0n) is 9.33. The van der Waals surface area contributed by atoms with E-state index in [2.05, 4.69) is 13.2 Å². The molecule has 0 aromatic rings. The zero-order chi connectivity index (χ0) is 11.0. The van der Waals surface area contributed by atoms with Gasteiger partial charge < -0.3 is 4.90 Å². The predicted octanol–water partition coefficient (Wildman–Crippen LogP) is 2.62. The fourth-order valence-electron chi connectivity index (χ4n) is 1.46. The molecule has 0 aliphatic heterocycles. The molecule has 14 heavy (non-hydrogen) atoms. The lowest BCUT2D eigenvalue weighted by Crippen LogP contribution is -2.36. The number of amides is 1. The van der Waals surface area contributed by atoms with E-state index < -0.39 is 0 Å². The summed E-state index contributed by atoms with van der Waals surface area (Å²) in [5.74, 6) is 0.365. The van der Waals surface area contributed by atoms with Gasteiger partial charge in [-0.3, -0.25) is 4.79 Å². The monoisotopic (exact) mass is 195 g/mol. The summed E-state index contributed by atoms with van der Waals surface area (Å²) in [5, 5.41) is 0. The van der Waals surface area contributed by atoms with E-state index >= 15 is 0 Å². The molecule has 0 aromatic carbocycles. The Morgan fingerprint density at radius 3 is 1.93 bits per heavy atom. The lowest BCUT2D eigenvalue weighted by Gasteiger charge is -2.23. The molecule has 0 bridgehead atoms. The van der Waals surface area contributed by atoms with Crippen LogP contribution in [0.4, 0.5) is 0 Å². The summed E-state index contributed by atoms with van der Waals surface area (Å²) in [4.78, 5) is 13.7. The first-order chi connectivity index (χ1) is 6.71. The highest BCUT2D eigenvalue weighted by Gasteiger charge is 2.19. The summed E-state index contributed by atoms with van der Waals surface area (Å²) >= 11 is 0. The first kappa shape index (κ1) is 12.9. The second-order valence-electron chi connectivity index (χ2n) is 3.33. The summed E-state index contributed by atoms with van der Waals surface area (Å²) < 4.78 is 0. The third-order valence-corrected chi connectivity index (χ3v) is 2.35. The van der Waals surface area contributed by atoms with E-state index in [1.54, 1.807) is 17.1 Å². The van der Waals surface area contributed by atoms with Crippen LogP contribution >= 0.6 is 0 Å². The van der Waals surface area contributed by atoms with Gasteiger partial charge in [-0.05, 0) is 12.8 Å². The van der Waals surface area contributed by atoms with Crippen LogP contribution in [0.1, 0.15) is 26.7 Å². The largest absolute Gasteiger partial charge is 0.335 e. The van der Waals surface area contributed by atoms with Crippen LogP contribution in [0.5, 0.6) is 0 Å². The third kappa shape index (κ3) is 3.77. The Balaban J connectivity index is 4.38. The molecule has 0 unspecified atom stereocenters. The average Bonchev–Trinajstić information content (AvgIpc) is 2.19. The molecule has 0 spiro atoms. The third-order valence-electron chi connectivity index (χ3n) is 2.35. The molecule has 0 aromatic heterocycles. The van der Waals surface area contributed by atoms with Gasteiger partial charge in [-0.1, -0.05) is 26.0 Å². The van der Waals surface area contributed by atoms with Gasteiger partial charge in [0.25, 0.3) is 0 Å². The first-order valence-electron chi connectivity index (χ1n) is 5.21. The minimum atomic E-state index is 0.148. The summed E-state index contributed by atoms with van der Waals surface area (Å²) in [5.41, 5.74) is 0. The molecule has 0 N–H and O–H groups in total. The maximum Gasteiger partial charge on any atom is 0.226 e. The van der Waals surface area contributed by atoms with Crippen molar-refractivity contribution in [2.75, 3.05) is 13.1 Å². The number of nitrogens with zero attached hydrogens (tertiary/aromatic N) is 1. The lowest BCUT2D eigenvalue weighted by molar-refractivity contribution is -0.134. The number of hydrogen-bond acceptors (Lipinski definition) is 1. The van der Waals surface area contributed by atoms with Crippen molar-refractivity contribution >= 4 is 5.91 Å². The van der Waals surface area contributed by atoms with Crippen LogP contribution < -0.4 is 0 Å². The SMILES string of the molecule is C=CCN(CC=C)C(=O)C(CC)CC. The molecule has 0 saturated heterocycles. The van der Waals surface area contributed by atoms with Crippen molar-refractivity contribution in [2.24, 2.45) is 5.92 Å². The Morgan fingerprint density at radius 2 is 1.64 bits per heavy atom. The van der Waals surface area contributed by atoms with Crippen molar-refractivity contribution in [3.05, 3.63) is 25.3 Å². The van der Waals surface area contributed by atoms with E-state index in [-0.39, 0.29) is 11.8 Å². The molecule has 0 rings (SSSR count). The van der Waals surface area contributed by atoms with Crippen molar-refractivity contribution in [3.63, 3.8) is 0 Å². The van der Waals surface area contributed by atoms with Crippen LogP contribution in [0.15, 0.2) is 25.3 Å². The van der Waals surface area contributed by atoms with E-state index in [4.69, 9.17) is 0 Å². The summed E-state index contributed by atoms with van der Waals surface area (Å²) in [6.45, 7) is 12.6. The van der Waals surface area contributed by atoms with Gasteiger partial charge in [-0.25, -0.2) is 0 Å². The van der Waals surface area contributed by atoms with Gasteiger partial charge in [0.05, 0.1) is 0 Å². The van der Waals surface area contributed by atoms with Gasteiger partial charge in [-0.2, -0.15) is 0 Å². The van der Waals surface area contributed by atoms with E-state index in [9.17, 15) is 4.79 Å². The summed E-state index contributed by atoms with van der Waals surface area (Å²) in [6, 6.07) is 0. The Kier molecular flexibility index (Phi) is 6.81. The van der Waals surface area contributed by atoms with Crippen LogP contribution in [0.3, 0.4) is 0 Å². The van der Waals surface area contributed by atoms with Gasteiger partial charge >= 0.3 is 0 Å². The zero-order valence-corrected chi connectivity index (χ0v) is 9.33. The molecular formula is C12H21NO. The van der Waals surface area contributed by atoms with Crippen LogP contribution in [-0.2, 0) is 4.79 Å². The van der Waals surface area contributed by atoms with Gasteiger partial charge in [0.15, 0.2) is 0 Å². The van der Waals surface area contributed by atoms with Crippen LogP contribution in [-0.4, -0.2) is 23.9 Å². The van der Waals surface area contributed by atoms with Gasteiger partial charge in [0.1, 0.15) is 0 Å². The normalized spacial score (nSPS) is 9.93. The van der Waals surface area contributed by atoms with Gasteiger partial charge in [0.2, 0.25) is 5.91 Å². The molecule has 0 aliphatic carbocycles. The van der Waals surface area contributed by atoms with E-state index in [1.807, 2.05) is 13.8 Å². The number of rotatable bonds is 7. The fourth-order valence-corrected chi connectivity index (χ4v) is 1.46. The quantitative estimate of drug-likeness (QED) is 0.572. The Labute approximate surface area is 87.3 Å². The van der Waals surface area contributed by atoms with E-state index in [1.165, 1.54) is 0 Å². The topological polar surface area (TPSA) is 20.3 Å². The molecule has 80 valence electrons. The standard InChI is InChI=1S/C12H21NO/c1-5-9-13(10-6-2)12(14)11(7-3)8-4/h5-6,11H,1-2,7-10H2,3-4H3. The van der Waals surface area contributed by atoms with Crippen molar-refractivity contribution in [2.45, 2.75) is 26.7 Å². The van der Waals surface area contributed by atoms with E-state index in [0.29, 0.717) is 13.1 Å². The highest BCUT2D eigenvalue weighted by molar-refractivity contribution is 5.79. The summed E-state index contributed by atoms with van der Waals surface area (Å²) in [7, 11) is 0. The molecule has 2 heteroatoms. The Hall–Kier alpha value is -1.05. The number of carbonyl (C=O) groups is 1. The molecule has 0 heterocycles. The van der Waals surface area contributed by atoms with Crippen LogP contribution in [0, 0.1) is 5.92 Å². The van der Waals surface area contributed by atoms with Crippen LogP contribution in [0.25, 0.3) is 0 Å². The number of hydrogen-bond donors (Lipinski definition) is 0. The molecule has 0 fully saturated rings. The molecule has 2 nitrogen and oxygen atoms in total. The lowest BCUT2D eigenvalue weighted by atomic mass is 10.0. The van der Waals surface area contributed by atoms with Crippen molar-refractivity contribution in [1.29, 1.82) is 0 Å². The molecule has 0 atom stereocenters. The van der Waals surface area contributed by atoms with Gasteiger partial charge in [0, 0.05) is 19.0 Å². The highest BCUT2D eigenvalue weighted by atomic mass is 16.2. The molecule has 0 saturated carbocycles. The van der Waals surface area contributed by atoms with Gasteiger partial charge in [-0.15, -0.1) is 13.2 Å². The molecular weight excluding hydrogens is 174 g/mol. The van der Waals surface area contributed by atoms with Crippen molar-refractivity contribution < 1.29 is 4.79 Å². The maximum atomic E-state index is 11.9. The second kappa shape index (κ2) is 7.36. The average molecular weight is 195 g/mol. The smallest absolute Gasteiger partial charge is 0.226 e. The molecule has 0 radical (unpaired) electrons. The number of carbonyl (C=O) groups excluding carboxylic acids is 1. The Morgan fingerprint density at radius 1 is 1.21 bits per heavy atom. The fraction of sp³-hybridized carbons (Fsp3) is 0.583. The van der Waals surface area contributed by atoms with Crippen molar-refractivity contribution in [1.82, 2.24) is 4.90 Å². The maximum absolute atomic E-state index is 11.9. The first-order valence-corrected chi connectivity index (χ1v) is 5.21. The molecule has 1 amide bonds. The van der Waals surface area contributed by atoms with E-state index in [0.717, 1.165) is 12.8 Å². The van der Waals surface area contributed by atoms with Crippen molar-refractivity contribution in [3.8, 4) is 0 Å². The Bertz CT molecular complexity index is 184. The van der Waals surface area contributed by atoms with Crippen LogP contribution in [0.2, 0.25) is 0 Å². The second-order valence-corrected chi connectivity index (χ2v) is 3.33. The molecule has 0 aliphatic rings. The highest BCUT2D eigenvalue weighted by Crippen LogP contribution is 2.11. The summed E-state index contributed by atoms with van der Waals surface area (Å²) in [6.07, 6.45) is 5.31. The predicted molar refractivity (Wildman–Crippen MR) is 61.0 cm³/mol.